The van der Waals surface area contributed by atoms with Crippen LogP contribution in [-0.2, 0) is 11.8 Å². The van der Waals surface area contributed by atoms with E-state index in [2.05, 4.69) is 46.8 Å². The molecule has 26 heavy (non-hydrogen) atoms. The topological polar surface area (TPSA) is 54.1 Å². The molecule has 0 saturated carbocycles. The Morgan fingerprint density at radius 2 is 2.12 bits per heavy atom. The summed E-state index contributed by atoms with van der Waals surface area (Å²) >= 11 is 0. The van der Waals surface area contributed by atoms with E-state index < -0.39 is 0 Å². The molecule has 1 aromatic heterocycles. The van der Waals surface area contributed by atoms with Crippen molar-refractivity contribution in [3.63, 3.8) is 0 Å². The highest BCUT2D eigenvalue weighted by atomic mass is 16.5. The van der Waals surface area contributed by atoms with Gasteiger partial charge in [-0.25, -0.2) is 4.98 Å². The van der Waals surface area contributed by atoms with Gasteiger partial charge in [0.25, 0.3) is 0 Å². The summed E-state index contributed by atoms with van der Waals surface area (Å²) in [6.07, 6.45) is 6.24. The van der Waals surface area contributed by atoms with Crippen molar-refractivity contribution >= 4 is 11.0 Å². The Morgan fingerprint density at radius 1 is 1.31 bits per heavy atom. The standard InChI is InChI=1S/C21H28N4O/c1-24-18-7-3-2-6-17(18)23-20(24)19-8-4-12-25(19)13-5-9-21(16-22)10-14-26-15-11-21/h2-3,6-7,19H,4-5,8-15H2,1H3. The molecule has 138 valence electrons. The predicted octanol–water partition coefficient (Wildman–Crippen LogP) is 3.81. The predicted molar refractivity (Wildman–Crippen MR) is 102 cm³/mol. The van der Waals surface area contributed by atoms with Gasteiger partial charge >= 0.3 is 0 Å². The molecular formula is C21H28N4O. The SMILES string of the molecule is Cn1c(C2CCCN2CCCC2(C#N)CCOCC2)nc2ccccc21. The monoisotopic (exact) mass is 352 g/mol. The number of imidazole rings is 1. The summed E-state index contributed by atoms with van der Waals surface area (Å²) in [4.78, 5) is 7.50. The molecule has 5 heteroatoms. The smallest absolute Gasteiger partial charge is 0.127 e. The van der Waals surface area contributed by atoms with E-state index in [1.807, 2.05) is 0 Å². The second-order valence-corrected chi connectivity index (χ2v) is 7.82. The van der Waals surface area contributed by atoms with E-state index in [9.17, 15) is 5.26 Å². The van der Waals surface area contributed by atoms with E-state index in [1.165, 1.54) is 24.2 Å². The second-order valence-electron chi connectivity index (χ2n) is 7.82. The molecular weight excluding hydrogens is 324 g/mol. The summed E-state index contributed by atoms with van der Waals surface area (Å²) < 4.78 is 7.71. The number of hydrogen-bond acceptors (Lipinski definition) is 4. The van der Waals surface area contributed by atoms with E-state index in [0.29, 0.717) is 6.04 Å². The van der Waals surface area contributed by atoms with Crippen LogP contribution in [0.1, 0.15) is 50.4 Å². The van der Waals surface area contributed by atoms with Gasteiger partial charge in [0, 0.05) is 20.3 Å². The van der Waals surface area contributed by atoms with Crippen LogP contribution >= 0.6 is 0 Å². The molecule has 0 amide bonds. The van der Waals surface area contributed by atoms with Gasteiger partial charge in [-0.15, -0.1) is 0 Å². The molecule has 2 aliphatic heterocycles. The van der Waals surface area contributed by atoms with Gasteiger partial charge in [-0.2, -0.15) is 5.26 Å². The fourth-order valence-electron chi connectivity index (χ4n) is 4.65. The molecule has 0 aliphatic carbocycles. The lowest BCUT2D eigenvalue weighted by atomic mass is 9.78. The molecule has 0 radical (unpaired) electrons. The van der Waals surface area contributed by atoms with Crippen LogP contribution in [0.15, 0.2) is 24.3 Å². The van der Waals surface area contributed by atoms with Crippen molar-refractivity contribution in [1.29, 1.82) is 5.26 Å². The first-order chi connectivity index (χ1) is 12.7. The number of aryl methyl sites for hydroxylation is 1. The van der Waals surface area contributed by atoms with Crippen molar-refractivity contribution < 1.29 is 4.74 Å². The minimum atomic E-state index is -0.161. The Hall–Kier alpha value is -1.90. The van der Waals surface area contributed by atoms with E-state index >= 15 is 0 Å². The number of likely N-dealkylation sites (tertiary alicyclic amines) is 1. The summed E-state index contributed by atoms with van der Waals surface area (Å²) in [5.41, 5.74) is 2.13. The summed E-state index contributed by atoms with van der Waals surface area (Å²) in [5.74, 6) is 1.18. The fourth-order valence-corrected chi connectivity index (χ4v) is 4.65. The number of benzene rings is 1. The maximum atomic E-state index is 9.65. The third kappa shape index (κ3) is 3.24. The molecule has 2 fully saturated rings. The van der Waals surface area contributed by atoms with Gasteiger partial charge in [-0.1, -0.05) is 12.1 Å². The maximum Gasteiger partial charge on any atom is 0.127 e. The minimum absolute atomic E-state index is 0.161. The lowest BCUT2D eigenvalue weighted by Gasteiger charge is -2.32. The fraction of sp³-hybridized carbons (Fsp3) is 0.619. The number of ether oxygens (including phenoxy) is 1. The van der Waals surface area contributed by atoms with Gasteiger partial charge in [0.2, 0.25) is 0 Å². The molecule has 2 saturated heterocycles. The first kappa shape index (κ1) is 17.5. The maximum absolute atomic E-state index is 9.65. The van der Waals surface area contributed by atoms with Crippen LogP contribution in [0.2, 0.25) is 0 Å². The minimum Gasteiger partial charge on any atom is -0.381 e. The van der Waals surface area contributed by atoms with Gasteiger partial charge in [0.1, 0.15) is 5.82 Å². The molecule has 4 rings (SSSR count). The highest BCUT2D eigenvalue weighted by Gasteiger charge is 2.34. The van der Waals surface area contributed by atoms with Crippen LogP contribution in [0.4, 0.5) is 0 Å². The van der Waals surface area contributed by atoms with E-state index in [1.54, 1.807) is 0 Å². The van der Waals surface area contributed by atoms with E-state index in [4.69, 9.17) is 9.72 Å². The Labute approximate surface area is 155 Å². The van der Waals surface area contributed by atoms with Crippen molar-refractivity contribution in [3.8, 4) is 6.07 Å². The first-order valence-corrected chi connectivity index (χ1v) is 9.87. The number of rotatable bonds is 5. The lowest BCUT2D eigenvalue weighted by Crippen LogP contribution is -2.31. The van der Waals surface area contributed by atoms with Gasteiger partial charge in [-0.05, 0) is 63.7 Å². The normalized spacial score (nSPS) is 23.3. The number of aromatic nitrogens is 2. The highest BCUT2D eigenvalue weighted by molar-refractivity contribution is 5.75. The molecule has 2 aliphatic rings. The highest BCUT2D eigenvalue weighted by Crippen LogP contribution is 2.37. The summed E-state index contributed by atoms with van der Waals surface area (Å²) in [6.45, 7) is 3.66. The van der Waals surface area contributed by atoms with Crippen LogP contribution in [0.25, 0.3) is 11.0 Å². The van der Waals surface area contributed by atoms with Crippen molar-refractivity contribution in [2.75, 3.05) is 26.3 Å². The summed E-state index contributed by atoms with van der Waals surface area (Å²) in [5, 5.41) is 9.65. The third-order valence-corrected chi connectivity index (χ3v) is 6.27. The number of nitrogens with zero attached hydrogens (tertiary/aromatic N) is 4. The number of fused-ring (bicyclic) bond motifs is 1. The summed E-state index contributed by atoms with van der Waals surface area (Å²) in [7, 11) is 2.13. The van der Waals surface area contributed by atoms with Crippen molar-refractivity contribution in [3.05, 3.63) is 30.1 Å². The average Bonchev–Trinajstić information content (AvgIpc) is 3.27. The molecule has 1 unspecified atom stereocenters. The quantitative estimate of drug-likeness (QED) is 0.821. The number of hydrogen-bond donors (Lipinski definition) is 0. The molecule has 1 aromatic carbocycles. The largest absolute Gasteiger partial charge is 0.381 e. The molecule has 1 atom stereocenters. The zero-order valence-corrected chi connectivity index (χ0v) is 15.7. The molecule has 0 bridgehead atoms. The second kappa shape index (κ2) is 7.38. The van der Waals surface area contributed by atoms with Gasteiger partial charge < -0.3 is 9.30 Å². The lowest BCUT2D eigenvalue weighted by molar-refractivity contribution is 0.0347. The Morgan fingerprint density at radius 3 is 2.88 bits per heavy atom. The molecule has 5 nitrogen and oxygen atoms in total. The number of para-hydroxylation sites is 2. The van der Waals surface area contributed by atoms with Crippen molar-refractivity contribution in [1.82, 2.24) is 14.5 Å². The van der Waals surface area contributed by atoms with Crippen molar-refractivity contribution in [2.45, 2.75) is 44.6 Å². The Balaban J connectivity index is 1.43. The van der Waals surface area contributed by atoms with Crippen LogP contribution in [0.5, 0.6) is 0 Å². The average molecular weight is 352 g/mol. The van der Waals surface area contributed by atoms with E-state index in [0.717, 1.165) is 57.5 Å². The number of nitriles is 1. The van der Waals surface area contributed by atoms with Gasteiger partial charge in [0.05, 0.1) is 28.6 Å². The summed E-state index contributed by atoms with van der Waals surface area (Å²) in [6, 6.07) is 11.4. The van der Waals surface area contributed by atoms with Crippen LogP contribution in [-0.4, -0.2) is 40.8 Å². The van der Waals surface area contributed by atoms with Crippen LogP contribution < -0.4 is 0 Å². The van der Waals surface area contributed by atoms with Gasteiger partial charge in [-0.3, -0.25) is 4.90 Å². The molecule has 3 heterocycles. The molecule has 0 N–H and O–H groups in total. The molecule has 0 spiro atoms. The third-order valence-electron chi connectivity index (χ3n) is 6.27. The molecule has 2 aromatic rings. The van der Waals surface area contributed by atoms with Crippen molar-refractivity contribution in [2.24, 2.45) is 12.5 Å². The first-order valence-electron chi connectivity index (χ1n) is 9.87. The zero-order valence-electron chi connectivity index (χ0n) is 15.7. The van der Waals surface area contributed by atoms with E-state index in [-0.39, 0.29) is 5.41 Å². The zero-order chi connectivity index (χ0) is 18.0. The Bertz CT molecular complexity index is 800. The van der Waals surface area contributed by atoms with Crippen LogP contribution in [0, 0.1) is 16.7 Å². The Kier molecular flexibility index (Phi) is 4.97. The van der Waals surface area contributed by atoms with Crippen LogP contribution in [0.3, 0.4) is 0 Å². The van der Waals surface area contributed by atoms with Gasteiger partial charge in [0.15, 0.2) is 0 Å².